The summed E-state index contributed by atoms with van der Waals surface area (Å²) in [6.45, 7) is 2.92. The standard InChI is InChI=1S/C24H30N4O3/c1-31-21-5-3-2-4-20(21)17-7-10-27(11-8-17)18-6-9-24(12-18)15-28(22(24)23(29)30)19-13-25-16-26-14-19/h2-5,13-14,16-18,22H,6-12,15H2,1H3,(H,29,30)/t18?,22-,24?/m0/s1. The molecule has 7 heteroatoms. The zero-order valence-electron chi connectivity index (χ0n) is 18.0. The minimum atomic E-state index is -0.731. The average Bonchev–Trinajstić information content (AvgIpc) is 3.25. The van der Waals surface area contributed by atoms with Gasteiger partial charge in [-0.1, -0.05) is 18.2 Å². The third kappa shape index (κ3) is 3.55. The van der Waals surface area contributed by atoms with Crippen molar-refractivity contribution in [1.82, 2.24) is 14.9 Å². The highest BCUT2D eigenvalue weighted by Crippen LogP contribution is 2.53. The molecule has 1 saturated carbocycles. The molecule has 1 N–H and O–H groups in total. The fourth-order valence-corrected chi connectivity index (χ4v) is 6.22. The van der Waals surface area contributed by atoms with Crippen LogP contribution in [0, 0.1) is 5.41 Å². The van der Waals surface area contributed by atoms with Gasteiger partial charge in [0.25, 0.3) is 0 Å². The molecule has 2 aliphatic heterocycles. The number of aliphatic carboxylic acids is 1. The van der Waals surface area contributed by atoms with E-state index in [4.69, 9.17) is 4.74 Å². The van der Waals surface area contributed by atoms with Gasteiger partial charge in [-0.3, -0.25) is 0 Å². The highest BCUT2D eigenvalue weighted by Gasteiger charge is 2.60. The summed E-state index contributed by atoms with van der Waals surface area (Å²) >= 11 is 0. The van der Waals surface area contributed by atoms with Crippen LogP contribution in [0.4, 0.5) is 5.69 Å². The minimum Gasteiger partial charge on any atom is -0.496 e. The second kappa shape index (κ2) is 8.11. The van der Waals surface area contributed by atoms with Crippen LogP contribution in [-0.2, 0) is 4.79 Å². The number of nitrogens with zero attached hydrogens (tertiary/aromatic N) is 4. The lowest BCUT2D eigenvalue weighted by atomic mass is 9.69. The van der Waals surface area contributed by atoms with Crippen molar-refractivity contribution in [1.29, 1.82) is 0 Å². The second-order valence-electron chi connectivity index (χ2n) is 9.28. The molecule has 0 radical (unpaired) electrons. The van der Waals surface area contributed by atoms with E-state index in [1.54, 1.807) is 19.5 Å². The van der Waals surface area contributed by atoms with Gasteiger partial charge in [0.2, 0.25) is 0 Å². The Kier molecular flexibility index (Phi) is 5.30. The first-order valence-electron chi connectivity index (χ1n) is 11.2. The van der Waals surface area contributed by atoms with Crippen LogP contribution in [0.2, 0.25) is 0 Å². The largest absolute Gasteiger partial charge is 0.496 e. The highest BCUT2D eigenvalue weighted by atomic mass is 16.5. The number of piperidine rings is 1. The molecule has 1 aromatic heterocycles. The molecule has 1 spiro atoms. The monoisotopic (exact) mass is 422 g/mol. The van der Waals surface area contributed by atoms with Crippen LogP contribution in [0.5, 0.6) is 5.75 Å². The number of carboxylic acids is 1. The maximum absolute atomic E-state index is 12.2. The molecule has 0 bridgehead atoms. The van der Waals surface area contributed by atoms with Gasteiger partial charge in [-0.15, -0.1) is 0 Å². The van der Waals surface area contributed by atoms with E-state index in [0.29, 0.717) is 12.0 Å². The lowest BCUT2D eigenvalue weighted by molar-refractivity contribution is -0.145. The van der Waals surface area contributed by atoms with Crippen molar-refractivity contribution in [2.45, 2.75) is 50.1 Å². The Morgan fingerprint density at radius 3 is 2.61 bits per heavy atom. The van der Waals surface area contributed by atoms with Gasteiger partial charge in [-0.05, 0) is 62.7 Å². The van der Waals surface area contributed by atoms with E-state index in [1.807, 2.05) is 11.0 Å². The number of likely N-dealkylation sites (tertiary alicyclic amines) is 1. The van der Waals surface area contributed by atoms with E-state index in [1.165, 1.54) is 11.9 Å². The Morgan fingerprint density at radius 2 is 1.90 bits per heavy atom. The van der Waals surface area contributed by atoms with Crippen molar-refractivity contribution in [2.24, 2.45) is 5.41 Å². The van der Waals surface area contributed by atoms with Crippen molar-refractivity contribution < 1.29 is 14.6 Å². The predicted molar refractivity (Wildman–Crippen MR) is 117 cm³/mol. The number of benzene rings is 1. The molecule has 2 aromatic rings. The van der Waals surface area contributed by atoms with Crippen molar-refractivity contribution in [3.8, 4) is 5.75 Å². The van der Waals surface area contributed by atoms with Crippen LogP contribution in [-0.4, -0.2) is 64.8 Å². The number of carboxylic acid groups (broad SMARTS) is 1. The predicted octanol–water partition coefficient (Wildman–Crippen LogP) is 3.18. The number of aromatic nitrogens is 2. The van der Waals surface area contributed by atoms with E-state index in [-0.39, 0.29) is 5.41 Å². The first-order valence-corrected chi connectivity index (χ1v) is 11.2. The van der Waals surface area contributed by atoms with Crippen LogP contribution in [0.3, 0.4) is 0 Å². The van der Waals surface area contributed by atoms with Crippen LogP contribution in [0.15, 0.2) is 43.0 Å². The number of carbonyl (C=O) groups is 1. The molecule has 7 nitrogen and oxygen atoms in total. The van der Waals surface area contributed by atoms with Gasteiger partial charge in [-0.2, -0.15) is 0 Å². The molecule has 3 fully saturated rings. The summed E-state index contributed by atoms with van der Waals surface area (Å²) in [5, 5.41) is 9.99. The maximum atomic E-state index is 12.2. The molecule has 164 valence electrons. The topological polar surface area (TPSA) is 78.8 Å². The van der Waals surface area contributed by atoms with Gasteiger partial charge in [-0.25, -0.2) is 14.8 Å². The number of hydrogen-bond donors (Lipinski definition) is 1. The van der Waals surface area contributed by atoms with Gasteiger partial charge in [0.05, 0.1) is 25.2 Å². The van der Waals surface area contributed by atoms with E-state index in [2.05, 4.69) is 33.1 Å². The van der Waals surface area contributed by atoms with E-state index < -0.39 is 12.0 Å². The molecule has 5 rings (SSSR count). The highest BCUT2D eigenvalue weighted by molar-refractivity contribution is 5.82. The summed E-state index contributed by atoms with van der Waals surface area (Å²) < 4.78 is 5.57. The number of ether oxygens (including phenoxy) is 1. The molecule has 2 unspecified atom stereocenters. The number of para-hydroxylation sites is 1. The Balaban J connectivity index is 1.23. The lowest BCUT2D eigenvalue weighted by Crippen LogP contribution is -2.67. The van der Waals surface area contributed by atoms with Gasteiger partial charge in [0, 0.05) is 18.0 Å². The summed E-state index contributed by atoms with van der Waals surface area (Å²) in [4.78, 5) is 24.9. The fraction of sp³-hybridized carbons (Fsp3) is 0.542. The van der Waals surface area contributed by atoms with Crippen LogP contribution >= 0.6 is 0 Å². The molecule has 3 heterocycles. The Labute approximate surface area is 183 Å². The number of rotatable bonds is 5. The normalized spacial score (nSPS) is 29.1. The molecule has 2 saturated heterocycles. The Hall–Kier alpha value is -2.67. The summed E-state index contributed by atoms with van der Waals surface area (Å²) in [5.74, 6) is 0.793. The third-order valence-corrected chi connectivity index (χ3v) is 7.73. The Morgan fingerprint density at radius 1 is 1.16 bits per heavy atom. The van der Waals surface area contributed by atoms with Gasteiger partial charge in [0.15, 0.2) is 0 Å². The van der Waals surface area contributed by atoms with Gasteiger partial charge in [0.1, 0.15) is 18.1 Å². The molecule has 1 aliphatic carbocycles. The smallest absolute Gasteiger partial charge is 0.326 e. The quantitative estimate of drug-likeness (QED) is 0.793. The molecule has 31 heavy (non-hydrogen) atoms. The van der Waals surface area contributed by atoms with Crippen molar-refractivity contribution >= 4 is 11.7 Å². The molecular formula is C24H30N4O3. The molecule has 3 atom stereocenters. The molecule has 3 aliphatic rings. The third-order valence-electron chi connectivity index (χ3n) is 7.73. The van der Waals surface area contributed by atoms with Crippen LogP contribution in [0.25, 0.3) is 0 Å². The molecule has 1 aromatic carbocycles. The van der Waals surface area contributed by atoms with Crippen molar-refractivity contribution in [3.63, 3.8) is 0 Å². The average molecular weight is 423 g/mol. The van der Waals surface area contributed by atoms with Crippen LogP contribution < -0.4 is 9.64 Å². The van der Waals surface area contributed by atoms with E-state index >= 15 is 0 Å². The molecular weight excluding hydrogens is 392 g/mol. The number of hydrogen-bond acceptors (Lipinski definition) is 6. The lowest BCUT2D eigenvalue weighted by Gasteiger charge is -2.55. The number of anilines is 1. The van der Waals surface area contributed by atoms with Crippen LogP contribution in [0.1, 0.15) is 43.6 Å². The summed E-state index contributed by atoms with van der Waals surface area (Å²) in [5.41, 5.74) is 1.99. The second-order valence-corrected chi connectivity index (χ2v) is 9.28. The summed E-state index contributed by atoms with van der Waals surface area (Å²) in [6, 6.07) is 8.37. The first-order chi connectivity index (χ1) is 15.1. The SMILES string of the molecule is COc1ccccc1C1CCN(C2CCC3(C2)CN(c2cncnc2)[C@H]3C(=O)O)CC1. The fourth-order valence-electron chi connectivity index (χ4n) is 6.22. The van der Waals surface area contributed by atoms with Gasteiger partial charge >= 0.3 is 5.97 Å². The van der Waals surface area contributed by atoms with Gasteiger partial charge < -0.3 is 19.6 Å². The van der Waals surface area contributed by atoms with E-state index in [9.17, 15) is 9.90 Å². The van der Waals surface area contributed by atoms with E-state index in [0.717, 1.165) is 63.2 Å². The Bertz CT molecular complexity index is 931. The maximum Gasteiger partial charge on any atom is 0.326 e. The number of methoxy groups -OCH3 is 1. The minimum absolute atomic E-state index is 0.133. The molecule has 0 amide bonds. The van der Waals surface area contributed by atoms with Crippen molar-refractivity contribution in [3.05, 3.63) is 48.5 Å². The van der Waals surface area contributed by atoms with Crippen molar-refractivity contribution in [2.75, 3.05) is 31.6 Å². The summed E-state index contributed by atoms with van der Waals surface area (Å²) in [6.07, 6.45) is 10.2. The summed E-state index contributed by atoms with van der Waals surface area (Å²) in [7, 11) is 1.74. The zero-order chi connectivity index (χ0) is 21.4. The zero-order valence-corrected chi connectivity index (χ0v) is 18.0. The first kappa shape index (κ1) is 20.2.